The zero-order valence-electron chi connectivity index (χ0n) is 21.5. The van der Waals surface area contributed by atoms with Crippen LogP contribution in [0.1, 0.15) is 30.4 Å². The monoisotopic (exact) mass is 506 g/mol. The van der Waals surface area contributed by atoms with Crippen molar-refractivity contribution in [2.24, 2.45) is 5.73 Å². The van der Waals surface area contributed by atoms with Crippen molar-refractivity contribution < 1.29 is 4.57 Å². The van der Waals surface area contributed by atoms with Crippen molar-refractivity contribution in [2.75, 3.05) is 91.6 Å². The van der Waals surface area contributed by atoms with Gasteiger partial charge >= 0.3 is 0 Å². The van der Waals surface area contributed by atoms with Gasteiger partial charge in [-0.25, -0.2) is 14.0 Å². The van der Waals surface area contributed by atoms with Crippen LogP contribution in [0.2, 0.25) is 0 Å². The van der Waals surface area contributed by atoms with Crippen LogP contribution in [0.25, 0.3) is 0 Å². The van der Waals surface area contributed by atoms with E-state index in [9.17, 15) is 4.57 Å². The van der Waals surface area contributed by atoms with E-state index in [2.05, 4.69) is 59.1 Å². The van der Waals surface area contributed by atoms with Crippen molar-refractivity contribution in [2.45, 2.75) is 32.4 Å². The minimum absolute atomic E-state index is 0.706. The first-order valence-electron chi connectivity index (χ1n) is 13.7. The first kappa shape index (κ1) is 27.2. The fraction of sp³-hybridized carbons (Fsp3) is 0.760. The van der Waals surface area contributed by atoms with Crippen molar-refractivity contribution in [1.29, 1.82) is 0 Å². The second-order valence-electron chi connectivity index (χ2n) is 9.99. The van der Waals surface area contributed by atoms with E-state index in [1.54, 1.807) is 0 Å². The molecule has 0 radical (unpaired) electrons. The number of hydrogen-bond donors (Lipinski definition) is 4. The fourth-order valence-electron chi connectivity index (χ4n) is 5.44. The molecular formula is C25H47N8OP. The molecule has 4 rings (SSSR count). The first-order valence-corrected chi connectivity index (χ1v) is 15.3. The number of nitrogens with two attached hydrogens (primary N) is 1. The molecule has 1 aromatic rings. The van der Waals surface area contributed by atoms with Gasteiger partial charge in [-0.1, -0.05) is 24.3 Å². The Morgan fingerprint density at radius 2 is 1.26 bits per heavy atom. The highest BCUT2D eigenvalue weighted by Gasteiger charge is 2.49. The SMILES string of the molecule is NCCNCCCNCCNCc1ccc(CN2CCCN3CCN4CCCN(CC2)P34=O)cc1. The quantitative estimate of drug-likeness (QED) is 0.230. The van der Waals surface area contributed by atoms with E-state index < -0.39 is 7.59 Å². The van der Waals surface area contributed by atoms with Gasteiger partial charge in [0.15, 0.2) is 0 Å². The van der Waals surface area contributed by atoms with E-state index >= 15 is 0 Å². The maximum atomic E-state index is 13.9. The molecule has 5 N–H and O–H groups in total. The Kier molecular flexibility index (Phi) is 11.0. The zero-order valence-corrected chi connectivity index (χ0v) is 22.4. The Labute approximate surface area is 212 Å². The summed E-state index contributed by atoms with van der Waals surface area (Å²) in [5.74, 6) is 0. The molecule has 0 aliphatic carbocycles. The molecule has 0 spiro atoms. The lowest BCUT2D eigenvalue weighted by Crippen LogP contribution is -2.42. The van der Waals surface area contributed by atoms with Gasteiger partial charge in [0.2, 0.25) is 0 Å². The second kappa shape index (κ2) is 14.2. The number of rotatable bonds is 13. The van der Waals surface area contributed by atoms with Gasteiger partial charge in [-0.05, 0) is 50.0 Å². The molecule has 0 amide bonds. The number of benzene rings is 1. The van der Waals surface area contributed by atoms with Crippen molar-refractivity contribution in [3.63, 3.8) is 0 Å². The van der Waals surface area contributed by atoms with E-state index in [1.807, 2.05) is 0 Å². The molecular weight excluding hydrogens is 459 g/mol. The predicted molar refractivity (Wildman–Crippen MR) is 144 cm³/mol. The van der Waals surface area contributed by atoms with Crippen LogP contribution in [0.4, 0.5) is 0 Å². The van der Waals surface area contributed by atoms with Gasteiger partial charge in [-0.15, -0.1) is 0 Å². The molecule has 1 aromatic carbocycles. The predicted octanol–water partition coefficient (Wildman–Crippen LogP) is 0.941. The minimum Gasteiger partial charge on any atom is -0.329 e. The van der Waals surface area contributed by atoms with E-state index in [4.69, 9.17) is 5.73 Å². The lowest BCUT2D eigenvalue weighted by molar-refractivity contribution is 0.227. The van der Waals surface area contributed by atoms with Crippen LogP contribution in [0.3, 0.4) is 0 Å². The summed E-state index contributed by atoms with van der Waals surface area (Å²) < 4.78 is 20.8. The van der Waals surface area contributed by atoms with E-state index in [0.717, 1.165) is 117 Å². The Balaban J connectivity index is 1.15. The van der Waals surface area contributed by atoms with Gasteiger partial charge in [0.25, 0.3) is 7.59 Å². The molecule has 0 saturated carbocycles. The maximum Gasteiger partial charge on any atom is 0.287 e. The van der Waals surface area contributed by atoms with Gasteiger partial charge < -0.3 is 21.7 Å². The molecule has 10 heteroatoms. The molecule has 0 aromatic heterocycles. The first-order chi connectivity index (χ1) is 17.2. The third kappa shape index (κ3) is 7.57. The van der Waals surface area contributed by atoms with Gasteiger partial charge in [0.05, 0.1) is 0 Å². The lowest BCUT2D eigenvalue weighted by Gasteiger charge is -2.42. The van der Waals surface area contributed by atoms with Gasteiger partial charge in [0.1, 0.15) is 0 Å². The third-order valence-corrected chi connectivity index (χ3v) is 10.8. The Morgan fingerprint density at radius 3 is 1.94 bits per heavy atom. The highest BCUT2D eigenvalue weighted by Crippen LogP contribution is 2.61. The van der Waals surface area contributed by atoms with Crippen molar-refractivity contribution in [1.82, 2.24) is 34.9 Å². The smallest absolute Gasteiger partial charge is 0.287 e. The van der Waals surface area contributed by atoms with E-state index in [1.165, 1.54) is 11.1 Å². The summed E-state index contributed by atoms with van der Waals surface area (Å²) in [5, 5.41) is 10.3. The lowest BCUT2D eigenvalue weighted by atomic mass is 10.1. The van der Waals surface area contributed by atoms with Gasteiger partial charge in [-0.3, -0.25) is 9.46 Å². The number of hydrogen-bond acceptors (Lipinski definition) is 6. The molecule has 3 saturated heterocycles. The normalized spacial score (nSPS) is 24.7. The van der Waals surface area contributed by atoms with Crippen LogP contribution in [0.5, 0.6) is 0 Å². The summed E-state index contributed by atoms with van der Waals surface area (Å²) >= 11 is 0. The van der Waals surface area contributed by atoms with E-state index in [0.29, 0.717) is 6.54 Å². The maximum absolute atomic E-state index is 13.9. The molecule has 3 heterocycles. The highest BCUT2D eigenvalue weighted by molar-refractivity contribution is 7.56. The average Bonchev–Trinajstić information content (AvgIpc) is 3.23. The second-order valence-corrected chi connectivity index (χ2v) is 12.7. The highest BCUT2D eigenvalue weighted by atomic mass is 31.2. The van der Waals surface area contributed by atoms with Crippen LogP contribution < -0.4 is 21.7 Å². The molecule has 9 nitrogen and oxygen atoms in total. The van der Waals surface area contributed by atoms with Crippen LogP contribution in [-0.4, -0.2) is 111 Å². The Morgan fingerprint density at radius 1 is 0.686 bits per heavy atom. The van der Waals surface area contributed by atoms with Gasteiger partial charge in [0, 0.05) is 85.1 Å². The standard InChI is InChI=1S/C25H47N8OP/c26-8-11-27-9-1-10-28-12-13-29-22-24-4-6-25(7-5-24)23-30-14-2-15-32-20-21-33-17-3-16-31(19-18-30)35(32,33)34/h4-7,27-29H,1-3,8-23,26H2. The summed E-state index contributed by atoms with van der Waals surface area (Å²) in [6, 6.07) is 9.07. The summed E-state index contributed by atoms with van der Waals surface area (Å²) in [7, 11) is -2.47. The zero-order chi connectivity index (χ0) is 24.3. The topological polar surface area (TPSA) is 92.1 Å². The molecule has 3 fully saturated rings. The number of nitrogens with zero attached hydrogens (tertiary/aromatic N) is 4. The van der Waals surface area contributed by atoms with Crippen LogP contribution in [-0.2, 0) is 17.7 Å². The molecule has 35 heavy (non-hydrogen) atoms. The molecule has 3 aliphatic rings. The van der Waals surface area contributed by atoms with Crippen molar-refractivity contribution in [3.05, 3.63) is 35.4 Å². The third-order valence-electron chi connectivity index (χ3n) is 7.38. The molecule has 1 atom stereocenters. The number of nitrogens with one attached hydrogen (secondary N) is 3. The molecule has 0 bridgehead atoms. The van der Waals surface area contributed by atoms with Crippen LogP contribution >= 0.6 is 7.59 Å². The summed E-state index contributed by atoms with van der Waals surface area (Å²) in [6.45, 7) is 15.3. The Hall–Kier alpha value is -0.870. The van der Waals surface area contributed by atoms with E-state index in [-0.39, 0.29) is 0 Å². The summed E-state index contributed by atoms with van der Waals surface area (Å²) in [6.07, 6.45) is 3.36. The van der Waals surface area contributed by atoms with Crippen LogP contribution in [0, 0.1) is 0 Å². The molecule has 3 aliphatic heterocycles. The van der Waals surface area contributed by atoms with Crippen LogP contribution in [0.15, 0.2) is 24.3 Å². The Bertz CT molecular complexity index is 794. The largest absolute Gasteiger partial charge is 0.329 e. The fourth-order valence-corrected chi connectivity index (χ4v) is 8.77. The molecule has 198 valence electrons. The van der Waals surface area contributed by atoms with Crippen molar-refractivity contribution >= 4 is 7.59 Å². The van der Waals surface area contributed by atoms with Crippen molar-refractivity contribution in [3.8, 4) is 0 Å². The van der Waals surface area contributed by atoms with Gasteiger partial charge in [-0.2, -0.15) is 0 Å². The average molecular weight is 507 g/mol. The minimum atomic E-state index is -2.47. The molecule has 1 unspecified atom stereocenters. The summed E-state index contributed by atoms with van der Waals surface area (Å²) in [5.41, 5.74) is 8.17. The summed E-state index contributed by atoms with van der Waals surface area (Å²) in [4.78, 5) is 2.55.